The van der Waals surface area contributed by atoms with Gasteiger partial charge in [0.15, 0.2) is 0 Å². The van der Waals surface area contributed by atoms with Crippen molar-refractivity contribution in [3.8, 4) is 0 Å². The van der Waals surface area contributed by atoms with Crippen molar-refractivity contribution in [2.75, 3.05) is 7.11 Å². The molecule has 4 heteroatoms. The van der Waals surface area contributed by atoms with Crippen LogP contribution in [0.5, 0.6) is 0 Å². The molecule has 4 nitrogen and oxygen atoms in total. The number of rotatable bonds is 3. The molecule has 0 bridgehead atoms. The van der Waals surface area contributed by atoms with E-state index in [-0.39, 0.29) is 4.92 Å². The maximum Gasteiger partial charge on any atom is 0.256 e. The van der Waals surface area contributed by atoms with Gasteiger partial charge in [-0.15, -0.1) is 0 Å². The largest absolute Gasteiger partial charge is 0.370 e. The van der Waals surface area contributed by atoms with E-state index in [1.807, 2.05) is 6.92 Å². The van der Waals surface area contributed by atoms with Gasteiger partial charge in [0.05, 0.1) is 0 Å². The second-order valence-electron chi connectivity index (χ2n) is 3.66. The first-order valence-corrected chi connectivity index (χ1v) is 4.58. The number of nitrogens with zero attached hydrogens (tertiary/aromatic N) is 1. The molecule has 0 N–H and O–H groups in total. The molecule has 0 unspecified atom stereocenters. The van der Waals surface area contributed by atoms with Gasteiger partial charge in [0.25, 0.3) is 5.54 Å². The van der Waals surface area contributed by atoms with Gasteiger partial charge >= 0.3 is 0 Å². The van der Waals surface area contributed by atoms with Crippen molar-refractivity contribution >= 4 is 0 Å². The second kappa shape index (κ2) is 3.53. The minimum atomic E-state index is -1.09. The van der Waals surface area contributed by atoms with Crippen molar-refractivity contribution < 1.29 is 9.66 Å². The van der Waals surface area contributed by atoms with Crippen LogP contribution in [-0.2, 0) is 4.74 Å². The van der Waals surface area contributed by atoms with Crippen molar-refractivity contribution in [2.24, 2.45) is 0 Å². The highest BCUT2D eigenvalue weighted by atomic mass is 16.6. The minimum Gasteiger partial charge on any atom is -0.370 e. The van der Waals surface area contributed by atoms with Gasteiger partial charge in [-0.1, -0.05) is 6.92 Å². The summed E-state index contributed by atoms with van der Waals surface area (Å²) in [5.74, 6) is 0. The summed E-state index contributed by atoms with van der Waals surface area (Å²) in [4.78, 5) is 10.4. The Bertz CT molecular complexity index is 274. The molecule has 0 radical (unpaired) electrons. The van der Waals surface area contributed by atoms with Crippen LogP contribution in [0.4, 0.5) is 0 Å². The first-order valence-electron chi connectivity index (χ1n) is 4.58. The summed E-state index contributed by atoms with van der Waals surface area (Å²) in [7, 11) is 1.60. The van der Waals surface area contributed by atoms with E-state index in [1.165, 1.54) is 0 Å². The summed E-state index contributed by atoms with van der Waals surface area (Å²) in [6.45, 7) is 3.54. The lowest BCUT2D eigenvalue weighted by Gasteiger charge is -2.29. The fraction of sp³-hybridized carbons (Fsp3) is 0.600. The molecule has 0 heterocycles. The van der Waals surface area contributed by atoms with Crippen LogP contribution >= 0.6 is 0 Å². The highest BCUT2D eigenvalue weighted by Gasteiger charge is 2.37. The Labute approximate surface area is 83.4 Å². The molecule has 1 rings (SSSR count). The minimum absolute atomic E-state index is 0.310. The van der Waals surface area contributed by atoms with Gasteiger partial charge in [0.2, 0.25) is 0 Å². The van der Waals surface area contributed by atoms with Crippen molar-refractivity contribution in [3.05, 3.63) is 34.4 Å². The fourth-order valence-electron chi connectivity index (χ4n) is 1.37. The lowest BCUT2D eigenvalue weighted by atomic mass is 9.87. The molecule has 1 aliphatic rings. The van der Waals surface area contributed by atoms with Gasteiger partial charge < -0.3 is 4.74 Å². The lowest BCUT2D eigenvalue weighted by Crippen LogP contribution is -2.37. The number of methoxy groups -OCH3 is 1. The normalized spacial score (nSPS) is 35.9. The van der Waals surface area contributed by atoms with Gasteiger partial charge in [-0.05, 0) is 30.7 Å². The van der Waals surface area contributed by atoms with Crippen molar-refractivity contribution in [1.82, 2.24) is 0 Å². The summed E-state index contributed by atoms with van der Waals surface area (Å²) in [6, 6.07) is 0. The molecule has 0 atom stereocenters. The monoisotopic (exact) mass is 197 g/mol. The summed E-state index contributed by atoms with van der Waals surface area (Å²) < 4.78 is 5.30. The molecule has 0 fully saturated rings. The van der Waals surface area contributed by atoms with Crippen LogP contribution in [0, 0.1) is 10.1 Å². The highest BCUT2D eigenvalue weighted by molar-refractivity contribution is 5.28. The van der Waals surface area contributed by atoms with Crippen LogP contribution in [0.15, 0.2) is 24.3 Å². The van der Waals surface area contributed by atoms with Gasteiger partial charge in [-0.3, -0.25) is 10.1 Å². The zero-order valence-corrected chi connectivity index (χ0v) is 8.69. The molecule has 1 aliphatic carbocycles. The molecule has 0 saturated carbocycles. The Balaban J connectivity index is 2.94. The van der Waals surface area contributed by atoms with Gasteiger partial charge in [0.1, 0.15) is 5.60 Å². The predicted molar refractivity (Wildman–Crippen MR) is 53.7 cm³/mol. The third-order valence-electron chi connectivity index (χ3n) is 2.73. The summed E-state index contributed by atoms with van der Waals surface area (Å²) >= 11 is 0. The smallest absolute Gasteiger partial charge is 0.256 e. The van der Waals surface area contributed by atoms with Gasteiger partial charge in [0, 0.05) is 19.0 Å². The standard InChI is InChI=1S/C10H15NO3/c1-4-10(14-3)7-5-9(2,6-8-10)11(12)13/h5-8H,4H2,1-3H3. The molecular weight excluding hydrogens is 182 g/mol. The quantitative estimate of drug-likeness (QED) is 0.394. The number of ether oxygens (including phenoxy) is 1. The Morgan fingerprint density at radius 2 is 1.86 bits per heavy atom. The topological polar surface area (TPSA) is 52.4 Å². The zero-order chi connectivity index (χ0) is 10.8. The molecule has 0 aromatic rings. The van der Waals surface area contributed by atoms with Crippen LogP contribution in [0.2, 0.25) is 0 Å². The van der Waals surface area contributed by atoms with Gasteiger partial charge in [-0.2, -0.15) is 0 Å². The lowest BCUT2D eigenvalue weighted by molar-refractivity contribution is -0.536. The van der Waals surface area contributed by atoms with E-state index in [1.54, 1.807) is 38.3 Å². The Morgan fingerprint density at radius 3 is 2.14 bits per heavy atom. The summed E-state index contributed by atoms with van der Waals surface area (Å²) in [5.41, 5.74) is -1.55. The molecule has 14 heavy (non-hydrogen) atoms. The Kier molecular flexibility index (Phi) is 2.76. The number of hydrogen-bond donors (Lipinski definition) is 0. The second-order valence-corrected chi connectivity index (χ2v) is 3.66. The molecule has 78 valence electrons. The maximum absolute atomic E-state index is 10.7. The van der Waals surface area contributed by atoms with E-state index < -0.39 is 11.1 Å². The molecule has 0 saturated heterocycles. The van der Waals surface area contributed by atoms with Crippen LogP contribution in [0.3, 0.4) is 0 Å². The molecule has 0 aromatic heterocycles. The SMILES string of the molecule is CCC1(OC)C=CC(C)([N+](=O)[O-])C=C1. The molecular formula is C10H15NO3. The summed E-state index contributed by atoms with van der Waals surface area (Å²) in [6.07, 6.45) is 7.45. The Morgan fingerprint density at radius 1 is 1.36 bits per heavy atom. The summed E-state index contributed by atoms with van der Waals surface area (Å²) in [5, 5.41) is 10.7. The molecule has 0 aromatic carbocycles. The van der Waals surface area contributed by atoms with Crippen LogP contribution in [-0.4, -0.2) is 23.2 Å². The van der Waals surface area contributed by atoms with Crippen molar-refractivity contribution in [3.63, 3.8) is 0 Å². The van der Waals surface area contributed by atoms with Crippen LogP contribution in [0.1, 0.15) is 20.3 Å². The first-order chi connectivity index (χ1) is 6.48. The average Bonchev–Trinajstić information content (AvgIpc) is 2.20. The highest BCUT2D eigenvalue weighted by Crippen LogP contribution is 2.28. The third-order valence-corrected chi connectivity index (χ3v) is 2.73. The zero-order valence-electron chi connectivity index (χ0n) is 8.69. The molecule has 0 amide bonds. The van der Waals surface area contributed by atoms with Gasteiger partial charge in [-0.25, -0.2) is 0 Å². The molecule has 0 spiro atoms. The van der Waals surface area contributed by atoms with Crippen molar-refractivity contribution in [2.45, 2.75) is 31.4 Å². The van der Waals surface area contributed by atoms with Crippen LogP contribution < -0.4 is 0 Å². The predicted octanol–water partition coefficient (Wildman–Crippen LogP) is 1.94. The third kappa shape index (κ3) is 1.70. The first kappa shape index (κ1) is 10.9. The van der Waals surface area contributed by atoms with Crippen molar-refractivity contribution in [1.29, 1.82) is 0 Å². The maximum atomic E-state index is 10.7. The van der Waals surface area contributed by atoms with E-state index in [9.17, 15) is 10.1 Å². The fourth-order valence-corrected chi connectivity index (χ4v) is 1.37. The van der Waals surface area contributed by atoms with Crippen LogP contribution in [0.25, 0.3) is 0 Å². The van der Waals surface area contributed by atoms with E-state index in [0.29, 0.717) is 0 Å². The van der Waals surface area contributed by atoms with E-state index in [0.717, 1.165) is 6.42 Å². The molecule has 0 aliphatic heterocycles. The van der Waals surface area contributed by atoms with E-state index in [4.69, 9.17) is 4.74 Å². The number of nitro groups is 1. The van der Waals surface area contributed by atoms with E-state index in [2.05, 4.69) is 0 Å². The van der Waals surface area contributed by atoms with E-state index >= 15 is 0 Å². The average molecular weight is 197 g/mol. The Hall–Kier alpha value is -1.16. The number of hydrogen-bond acceptors (Lipinski definition) is 3.